The third kappa shape index (κ3) is 1.90. The lowest BCUT2D eigenvalue weighted by molar-refractivity contribution is 0.179. The highest BCUT2D eigenvalue weighted by atomic mass is 16.3. The first kappa shape index (κ1) is 9.82. The molecule has 13 heavy (non-hydrogen) atoms. The van der Waals surface area contributed by atoms with Crippen molar-refractivity contribution in [2.45, 2.75) is 12.5 Å². The SMILES string of the molecule is Nc1cnn(C(CO)CCO)c1N. The first-order chi connectivity index (χ1) is 6.20. The van der Waals surface area contributed by atoms with Gasteiger partial charge in [-0.1, -0.05) is 0 Å². The molecule has 0 spiro atoms. The standard InChI is InChI=1S/C7H14N4O2/c8-6-3-10-11(7(6)9)5(4-13)1-2-12/h3,5,12-13H,1-2,4,8-9H2. The Balaban J connectivity index is 2.84. The summed E-state index contributed by atoms with van der Waals surface area (Å²) in [5.41, 5.74) is 11.5. The average Bonchev–Trinajstić information content (AvgIpc) is 2.45. The molecular formula is C7H14N4O2. The van der Waals surface area contributed by atoms with Crippen LogP contribution in [0.3, 0.4) is 0 Å². The average molecular weight is 186 g/mol. The number of aromatic nitrogens is 2. The van der Waals surface area contributed by atoms with Crippen molar-refractivity contribution in [1.29, 1.82) is 0 Å². The van der Waals surface area contributed by atoms with Gasteiger partial charge in [0.25, 0.3) is 0 Å². The van der Waals surface area contributed by atoms with E-state index in [1.807, 2.05) is 0 Å². The fourth-order valence-corrected chi connectivity index (χ4v) is 1.12. The van der Waals surface area contributed by atoms with Crippen molar-refractivity contribution in [2.24, 2.45) is 0 Å². The number of aliphatic hydroxyl groups excluding tert-OH is 2. The van der Waals surface area contributed by atoms with Gasteiger partial charge >= 0.3 is 0 Å². The van der Waals surface area contributed by atoms with Crippen LogP contribution in [0.1, 0.15) is 12.5 Å². The Morgan fingerprint density at radius 2 is 2.15 bits per heavy atom. The number of anilines is 2. The lowest BCUT2D eigenvalue weighted by atomic mass is 10.2. The largest absolute Gasteiger partial charge is 0.396 e. The Morgan fingerprint density at radius 3 is 2.54 bits per heavy atom. The van der Waals surface area contributed by atoms with Crippen LogP contribution in [0.4, 0.5) is 11.5 Å². The Hall–Kier alpha value is -1.27. The molecule has 0 saturated heterocycles. The molecule has 1 aromatic heterocycles. The van der Waals surface area contributed by atoms with E-state index in [4.69, 9.17) is 21.7 Å². The van der Waals surface area contributed by atoms with Gasteiger partial charge in [0.15, 0.2) is 0 Å². The summed E-state index contributed by atoms with van der Waals surface area (Å²) in [6, 6.07) is -0.303. The van der Waals surface area contributed by atoms with Gasteiger partial charge in [-0.05, 0) is 6.42 Å². The summed E-state index contributed by atoms with van der Waals surface area (Å²) in [5, 5.41) is 21.6. The maximum absolute atomic E-state index is 8.98. The number of hydrogen-bond acceptors (Lipinski definition) is 5. The van der Waals surface area contributed by atoms with Crippen LogP contribution >= 0.6 is 0 Å². The third-order valence-electron chi connectivity index (χ3n) is 1.88. The highest BCUT2D eigenvalue weighted by Gasteiger charge is 2.14. The van der Waals surface area contributed by atoms with E-state index in [-0.39, 0.29) is 19.3 Å². The second-order valence-electron chi connectivity index (χ2n) is 2.78. The number of nitrogens with two attached hydrogens (primary N) is 2. The van der Waals surface area contributed by atoms with Crippen molar-refractivity contribution >= 4 is 11.5 Å². The first-order valence-corrected chi connectivity index (χ1v) is 4.00. The summed E-state index contributed by atoms with van der Waals surface area (Å²) in [5.74, 6) is 0.326. The minimum absolute atomic E-state index is 0.0234. The van der Waals surface area contributed by atoms with Gasteiger partial charge in [-0.25, -0.2) is 4.68 Å². The zero-order valence-electron chi connectivity index (χ0n) is 7.22. The molecular weight excluding hydrogens is 172 g/mol. The van der Waals surface area contributed by atoms with E-state index in [0.717, 1.165) is 0 Å². The molecule has 74 valence electrons. The first-order valence-electron chi connectivity index (χ1n) is 4.00. The summed E-state index contributed by atoms with van der Waals surface area (Å²) in [4.78, 5) is 0. The van der Waals surface area contributed by atoms with Gasteiger partial charge in [0, 0.05) is 6.61 Å². The van der Waals surface area contributed by atoms with Gasteiger partial charge in [0.1, 0.15) is 5.82 Å². The lowest BCUT2D eigenvalue weighted by Gasteiger charge is -2.14. The third-order valence-corrected chi connectivity index (χ3v) is 1.88. The molecule has 0 aromatic carbocycles. The Kier molecular flexibility index (Phi) is 3.10. The van der Waals surface area contributed by atoms with Crippen molar-refractivity contribution in [3.63, 3.8) is 0 Å². The van der Waals surface area contributed by atoms with Gasteiger partial charge in [-0.2, -0.15) is 5.10 Å². The van der Waals surface area contributed by atoms with Gasteiger partial charge in [-0.15, -0.1) is 0 Å². The van der Waals surface area contributed by atoms with Crippen molar-refractivity contribution in [2.75, 3.05) is 24.7 Å². The van der Waals surface area contributed by atoms with E-state index >= 15 is 0 Å². The van der Waals surface area contributed by atoms with Crippen LogP contribution in [0, 0.1) is 0 Å². The molecule has 1 unspecified atom stereocenters. The zero-order chi connectivity index (χ0) is 9.84. The second kappa shape index (κ2) is 4.11. The molecule has 6 heteroatoms. The summed E-state index contributed by atoms with van der Waals surface area (Å²) in [6.45, 7) is -0.143. The Labute approximate surface area is 75.8 Å². The molecule has 6 N–H and O–H groups in total. The monoisotopic (exact) mass is 186 g/mol. The summed E-state index contributed by atoms with van der Waals surface area (Å²) < 4.78 is 1.42. The molecule has 0 radical (unpaired) electrons. The van der Waals surface area contributed by atoms with Gasteiger partial charge in [-0.3, -0.25) is 0 Å². The molecule has 1 heterocycles. The molecule has 1 rings (SSSR count). The fourth-order valence-electron chi connectivity index (χ4n) is 1.12. The summed E-state index contributed by atoms with van der Waals surface area (Å²) in [7, 11) is 0. The van der Waals surface area contributed by atoms with Crippen molar-refractivity contribution < 1.29 is 10.2 Å². The molecule has 0 amide bonds. The predicted molar refractivity (Wildman–Crippen MR) is 48.9 cm³/mol. The van der Waals surface area contributed by atoms with E-state index in [2.05, 4.69) is 5.10 Å². The molecule has 0 aliphatic carbocycles. The van der Waals surface area contributed by atoms with E-state index in [1.165, 1.54) is 10.9 Å². The normalized spacial score (nSPS) is 13.1. The second-order valence-corrected chi connectivity index (χ2v) is 2.78. The van der Waals surface area contributed by atoms with Crippen molar-refractivity contribution in [3.05, 3.63) is 6.20 Å². The van der Waals surface area contributed by atoms with Crippen molar-refractivity contribution in [1.82, 2.24) is 9.78 Å². The van der Waals surface area contributed by atoms with Crippen LogP contribution in [-0.4, -0.2) is 33.2 Å². The van der Waals surface area contributed by atoms with E-state index in [1.54, 1.807) is 0 Å². The smallest absolute Gasteiger partial charge is 0.145 e. The minimum atomic E-state index is -0.303. The number of nitrogens with zero attached hydrogens (tertiary/aromatic N) is 2. The number of rotatable bonds is 4. The quantitative estimate of drug-likeness (QED) is 0.480. The van der Waals surface area contributed by atoms with Crippen LogP contribution in [0.25, 0.3) is 0 Å². The molecule has 0 bridgehead atoms. The van der Waals surface area contributed by atoms with Gasteiger partial charge < -0.3 is 21.7 Å². The molecule has 0 fully saturated rings. The molecule has 1 atom stereocenters. The molecule has 6 nitrogen and oxygen atoms in total. The maximum Gasteiger partial charge on any atom is 0.145 e. The van der Waals surface area contributed by atoms with Gasteiger partial charge in [0.05, 0.1) is 24.5 Å². The Bertz CT molecular complexity index is 273. The maximum atomic E-state index is 8.98. The molecule has 1 aromatic rings. The summed E-state index contributed by atoms with van der Waals surface area (Å²) in [6.07, 6.45) is 1.83. The Morgan fingerprint density at radius 1 is 1.46 bits per heavy atom. The van der Waals surface area contributed by atoms with E-state index in [0.29, 0.717) is 17.9 Å². The summed E-state index contributed by atoms with van der Waals surface area (Å²) >= 11 is 0. The van der Waals surface area contributed by atoms with Crippen LogP contribution in [0.2, 0.25) is 0 Å². The number of hydrogen-bond donors (Lipinski definition) is 4. The zero-order valence-corrected chi connectivity index (χ0v) is 7.22. The van der Waals surface area contributed by atoms with Crippen LogP contribution in [-0.2, 0) is 0 Å². The van der Waals surface area contributed by atoms with Gasteiger partial charge in [0.2, 0.25) is 0 Å². The fraction of sp³-hybridized carbons (Fsp3) is 0.571. The molecule has 0 aliphatic rings. The molecule has 0 saturated carbocycles. The van der Waals surface area contributed by atoms with Crippen LogP contribution in [0.5, 0.6) is 0 Å². The van der Waals surface area contributed by atoms with Crippen LogP contribution in [0.15, 0.2) is 6.20 Å². The topological polar surface area (TPSA) is 110 Å². The highest BCUT2D eigenvalue weighted by molar-refractivity contribution is 5.57. The number of aliphatic hydroxyl groups is 2. The number of nitrogen functional groups attached to an aromatic ring is 2. The molecule has 0 aliphatic heterocycles. The highest BCUT2D eigenvalue weighted by Crippen LogP contribution is 2.19. The van der Waals surface area contributed by atoms with E-state index < -0.39 is 0 Å². The van der Waals surface area contributed by atoms with Crippen LogP contribution < -0.4 is 11.5 Å². The van der Waals surface area contributed by atoms with E-state index in [9.17, 15) is 0 Å². The minimum Gasteiger partial charge on any atom is -0.396 e. The lowest BCUT2D eigenvalue weighted by Crippen LogP contribution is -2.18. The van der Waals surface area contributed by atoms with Crippen molar-refractivity contribution in [3.8, 4) is 0 Å². The predicted octanol–water partition coefficient (Wildman–Crippen LogP) is -1.04.